The molecule has 2 N–H and O–H groups in total. The molecule has 1 aliphatic carbocycles. The number of anilines is 1. The standard InChI is InChI=1S/C15H17NO3/c1-9-5-4-7-11(13(9)17)15(19)10-6-2-3-8-12(10)16-14(15)18/h2-3,6,8-9,11,19H,4-5,7H2,1H3,(H,16,18)/t9-,11-,15+/m0/s1. The molecule has 3 atom stereocenters. The minimum Gasteiger partial charge on any atom is -0.375 e. The van der Waals surface area contributed by atoms with Gasteiger partial charge in [0.2, 0.25) is 0 Å². The highest BCUT2D eigenvalue weighted by atomic mass is 16.3. The van der Waals surface area contributed by atoms with Crippen LogP contribution in [0.15, 0.2) is 24.3 Å². The van der Waals surface area contributed by atoms with E-state index in [0.29, 0.717) is 17.7 Å². The van der Waals surface area contributed by atoms with Crippen molar-refractivity contribution in [3.63, 3.8) is 0 Å². The van der Waals surface area contributed by atoms with E-state index in [2.05, 4.69) is 5.32 Å². The summed E-state index contributed by atoms with van der Waals surface area (Å²) in [7, 11) is 0. The normalized spacial score (nSPS) is 34.0. The van der Waals surface area contributed by atoms with Gasteiger partial charge in [0.15, 0.2) is 5.60 Å². The number of ketones is 1. The van der Waals surface area contributed by atoms with Crippen LogP contribution >= 0.6 is 0 Å². The summed E-state index contributed by atoms with van der Waals surface area (Å²) in [4.78, 5) is 24.5. The van der Waals surface area contributed by atoms with Crippen LogP contribution in [0.4, 0.5) is 5.69 Å². The van der Waals surface area contributed by atoms with Gasteiger partial charge in [0, 0.05) is 17.2 Å². The second-order valence-electron chi connectivity index (χ2n) is 5.55. The summed E-state index contributed by atoms with van der Waals surface area (Å²) in [5.74, 6) is -1.18. The van der Waals surface area contributed by atoms with Crippen molar-refractivity contribution in [3.8, 4) is 0 Å². The summed E-state index contributed by atoms with van der Waals surface area (Å²) in [6.07, 6.45) is 2.28. The number of rotatable bonds is 1. The van der Waals surface area contributed by atoms with Crippen LogP contribution in [0, 0.1) is 11.8 Å². The van der Waals surface area contributed by atoms with Crippen molar-refractivity contribution in [2.75, 3.05) is 5.32 Å². The molecule has 1 saturated carbocycles. The molecule has 0 bridgehead atoms. The molecule has 4 heteroatoms. The summed E-state index contributed by atoms with van der Waals surface area (Å²) < 4.78 is 0. The van der Waals surface area contributed by atoms with Crippen LogP contribution in [0.3, 0.4) is 0 Å². The topological polar surface area (TPSA) is 66.4 Å². The molecule has 1 amide bonds. The first-order valence-electron chi connectivity index (χ1n) is 6.72. The van der Waals surface area contributed by atoms with E-state index in [1.165, 1.54) is 0 Å². The Bertz CT molecular complexity index is 554. The fourth-order valence-electron chi connectivity index (χ4n) is 3.28. The number of fused-ring (bicyclic) bond motifs is 1. The molecule has 4 nitrogen and oxygen atoms in total. The Morgan fingerprint density at radius 3 is 2.79 bits per heavy atom. The number of aliphatic hydroxyl groups is 1. The molecule has 100 valence electrons. The van der Waals surface area contributed by atoms with E-state index in [1.807, 2.05) is 6.92 Å². The van der Waals surface area contributed by atoms with E-state index in [-0.39, 0.29) is 11.7 Å². The van der Waals surface area contributed by atoms with Crippen molar-refractivity contribution in [2.24, 2.45) is 11.8 Å². The van der Waals surface area contributed by atoms with Crippen LogP contribution < -0.4 is 5.32 Å². The number of benzene rings is 1. The average Bonchev–Trinajstić information content (AvgIpc) is 2.66. The second-order valence-corrected chi connectivity index (χ2v) is 5.55. The second kappa shape index (κ2) is 4.17. The number of para-hydroxylation sites is 1. The summed E-state index contributed by atoms with van der Waals surface area (Å²) >= 11 is 0. The molecular formula is C15H17NO3. The van der Waals surface area contributed by atoms with Crippen molar-refractivity contribution >= 4 is 17.4 Å². The van der Waals surface area contributed by atoms with Crippen LogP contribution in [0.5, 0.6) is 0 Å². The number of hydrogen-bond donors (Lipinski definition) is 2. The third-order valence-corrected chi connectivity index (χ3v) is 4.40. The van der Waals surface area contributed by atoms with Gasteiger partial charge in [0.05, 0.1) is 5.92 Å². The lowest BCUT2D eigenvalue weighted by molar-refractivity contribution is -0.152. The van der Waals surface area contributed by atoms with Gasteiger partial charge in [-0.3, -0.25) is 9.59 Å². The summed E-state index contributed by atoms with van der Waals surface area (Å²) in [5.41, 5.74) is -0.545. The molecule has 1 heterocycles. The van der Waals surface area contributed by atoms with E-state index < -0.39 is 17.4 Å². The maximum Gasteiger partial charge on any atom is 0.261 e. The van der Waals surface area contributed by atoms with Gasteiger partial charge in [-0.05, 0) is 18.9 Å². The smallest absolute Gasteiger partial charge is 0.261 e. The summed E-state index contributed by atoms with van der Waals surface area (Å²) in [6.45, 7) is 1.87. The zero-order valence-electron chi connectivity index (χ0n) is 10.8. The Balaban J connectivity index is 2.07. The van der Waals surface area contributed by atoms with Crippen molar-refractivity contribution in [1.82, 2.24) is 0 Å². The van der Waals surface area contributed by atoms with Crippen LogP contribution in [0.2, 0.25) is 0 Å². The lowest BCUT2D eigenvalue weighted by atomic mass is 9.70. The molecule has 1 fully saturated rings. The molecule has 0 radical (unpaired) electrons. The van der Waals surface area contributed by atoms with Gasteiger partial charge in [-0.2, -0.15) is 0 Å². The molecule has 0 saturated heterocycles. The lowest BCUT2D eigenvalue weighted by Crippen LogP contribution is -2.48. The van der Waals surface area contributed by atoms with Gasteiger partial charge in [-0.1, -0.05) is 31.5 Å². The predicted octanol–water partition coefficient (Wildman–Crippen LogP) is 1.83. The first-order valence-corrected chi connectivity index (χ1v) is 6.72. The average molecular weight is 259 g/mol. The Morgan fingerprint density at radius 2 is 2.00 bits per heavy atom. The van der Waals surface area contributed by atoms with Crippen LogP contribution in [0.25, 0.3) is 0 Å². The van der Waals surface area contributed by atoms with Gasteiger partial charge in [-0.15, -0.1) is 0 Å². The highest BCUT2D eigenvalue weighted by Gasteiger charge is 2.54. The minimum atomic E-state index is -1.69. The fraction of sp³-hybridized carbons (Fsp3) is 0.467. The van der Waals surface area contributed by atoms with Gasteiger partial charge >= 0.3 is 0 Å². The molecule has 19 heavy (non-hydrogen) atoms. The quantitative estimate of drug-likeness (QED) is 0.808. The summed E-state index contributed by atoms with van der Waals surface area (Å²) in [5, 5.41) is 13.6. The molecule has 1 aliphatic heterocycles. The number of amides is 1. The fourth-order valence-corrected chi connectivity index (χ4v) is 3.28. The largest absolute Gasteiger partial charge is 0.375 e. The Morgan fingerprint density at radius 1 is 1.26 bits per heavy atom. The third kappa shape index (κ3) is 1.63. The van der Waals surface area contributed by atoms with Gasteiger partial charge in [0.1, 0.15) is 5.78 Å². The first-order chi connectivity index (χ1) is 9.05. The van der Waals surface area contributed by atoms with Crippen molar-refractivity contribution in [3.05, 3.63) is 29.8 Å². The van der Waals surface area contributed by atoms with Gasteiger partial charge < -0.3 is 10.4 Å². The van der Waals surface area contributed by atoms with Gasteiger partial charge in [-0.25, -0.2) is 0 Å². The molecule has 0 spiro atoms. The molecule has 1 aromatic rings. The molecule has 3 rings (SSSR count). The highest BCUT2D eigenvalue weighted by Crippen LogP contribution is 2.45. The Kier molecular flexibility index (Phi) is 2.71. The minimum absolute atomic E-state index is 0.000558. The van der Waals surface area contributed by atoms with E-state index >= 15 is 0 Å². The van der Waals surface area contributed by atoms with E-state index in [4.69, 9.17) is 0 Å². The number of carbonyl (C=O) groups is 2. The van der Waals surface area contributed by atoms with E-state index in [0.717, 1.165) is 12.8 Å². The van der Waals surface area contributed by atoms with E-state index in [9.17, 15) is 14.7 Å². The molecular weight excluding hydrogens is 242 g/mol. The maximum absolute atomic E-state index is 12.3. The monoisotopic (exact) mass is 259 g/mol. The van der Waals surface area contributed by atoms with Crippen LogP contribution in [-0.2, 0) is 15.2 Å². The number of carbonyl (C=O) groups excluding carboxylic acids is 2. The molecule has 0 unspecified atom stereocenters. The van der Waals surface area contributed by atoms with Crippen molar-refractivity contribution in [1.29, 1.82) is 0 Å². The first kappa shape index (κ1) is 12.4. The zero-order chi connectivity index (χ0) is 13.6. The Hall–Kier alpha value is -1.68. The van der Waals surface area contributed by atoms with Gasteiger partial charge in [0.25, 0.3) is 5.91 Å². The number of nitrogens with one attached hydrogen (secondary N) is 1. The zero-order valence-corrected chi connectivity index (χ0v) is 10.8. The third-order valence-electron chi connectivity index (χ3n) is 4.40. The predicted molar refractivity (Wildman–Crippen MR) is 70.5 cm³/mol. The van der Waals surface area contributed by atoms with E-state index in [1.54, 1.807) is 24.3 Å². The van der Waals surface area contributed by atoms with Crippen LogP contribution in [-0.4, -0.2) is 16.8 Å². The summed E-state index contributed by atoms with van der Waals surface area (Å²) in [6, 6.07) is 7.05. The number of hydrogen-bond acceptors (Lipinski definition) is 3. The molecule has 1 aromatic carbocycles. The van der Waals surface area contributed by atoms with Crippen molar-refractivity contribution < 1.29 is 14.7 Å². The maximum atomic E-state index is 12.3. The van der Waals surface area contributed by atoms with Crippen LogP contribution in [0.1, 0.15) is 31.7 Å². The lowest BCUT2D eigenvalue weighted by Gasteiger charge is -2.35. The highest BCUT2D eigenvalue weighted by molar-refractivity contribution is 6.08. The Labute approximate surface area is 111 Å². The molecule has 2 aliphatic rings. The molecule has 0 aromatic heterocycles. The van der Waals surface area contributed by atoms with Crippen molar-refractivity contribution in [2.45, 2.75) is 31.8 Å². The number of Topliss-reactive ketones (excluding diaryl/α,β-unsaturated/α-hetero) is 1. The SMILES string of the molecule is C[C@H]1CCC[C@H]([C@@]2(O)C(=O)Nc3ccccc32)C1=O.